The molecule has 2 aromatic rings. The number of fused-ring (bicyclic) bond motifs is 1. The van der Waals surface area contributed by atoms with E-state index in [1.165, 1.54) is 43.3 Å². The maximum Gasteiger partial charge on any atom is 0.134 e. The Kier molecular flexibility index (Phi) is 4.61. The minimum Gasteiger partial charge on any atom is -0.459 e. The Morgan fingerprint density at radius 1 is 1.33 bits per heavy atom. The molecule has 2 heterocycles. The van der Waals surface area contributed by atoms with Crippen molar-refractivity contribution in [3.8, 4) is 0 Å². The van der Waals surface area contributed by atoms with Crippen LogP contribution in [-0.2, 0) is 13.1 Å². The Bertz CT molecular complexity index is 590. The second-order valence-electron chi connectivity index (χ2n) is 6.21. The molecule has 21 heavy (non-hydrogen) atoms. The molecule has 1 unspecified atom stereocenters. The average Bonchev–Trinajstić information content (AvgIpc) is 3.06. The van der Waals surface area contributed by atoms with Crippen molar-refractivity contribution >= 4 is 11.0 Å². The molecule has 3 nitrogen and oxygen atoms in total. The fraction of sp³-hybridized carbons (Fsp3) is 0.556. The van der Waals surface area contributed by atoms with Gasteiger partial charge in [0.15, 0.2) is 0 Å². The Hall–Kier alpha value is -1.32. The lowest BCUT2D eigenvalue weighted by Gasteiger charge is -2.16. The van der Waals surface area contributed by atoms with Crippen molar-refractivity contribution in [3.05, 3.63) is 35.6 Å². The summed E-state index contributed by atoms with van der Waals surface area (Å²) in [5, 5.41) is 4.51. The van der Waals surface area contributed by atoms with E-state index in [-0.39, 0.29) is 0 Å². The molecule has 1 saturated heterocycles. The molecule has 1 fully saturated rings. The highest BCUT2D eigenvalue weighted by atomic mass is 16.3. The van der Waals surface area contributed by atoms with E-state index in [0.29, 0.717) is 0 Å². The second-order valence-corrected chi connectivity index (χ2v) is 6.21. The van der Waals surface area contributed by atoms with Crippen LogP contribution in [0, 0.1) is 5.92 Å². The largest absolute Gasteiger partial charge is 0.459 e. The molecule has 114 valence electrons. The van der Waals surface area contributed by atoms with E-state index in [1.54, 1.807) is 0 Å². The monoisotopic (exact) mass is 286 g/mol. The maximum absolute atomic E-state index is 6.04. The van der Waals surface area contributed by atoms with E-state index >= 15 is 0 Å². The van der Waals surface area contributed by atoms with Gasteiger partial charge in [-0.2, -0.15) is 0 Å². The highest BCUT2D eigenvalue weighted by molar-refractivity contribution is 5.82. The van der Waals surface area contributed by atoms with Gasteiger partial charge in [0, 0.05) is 24.0 Å². The molecule has 0 amide bonds. The van der Waals surface area contributed by atoms with Gasteiger partial charge in [-0.25, -0.2) is 0 Å². The fourth-order valence-electron chi connectivity index (χ4n) is 3.55. The van der Waals surface area contributed by atoms with Crippen LogP contribution in [0.4, 0.5) is 0 Å². The van der Waals surface area contributed by atoms with E-state index < -0.39 is 0 Å². The Balaban J connectivity index is 1.81. The van der Waals surface area contributed by atoms with Crippen LogP contribution in [0.3, 0.4) is 0 Å². The summed E-state index contributed by atoms with van der Waals surface area (Å²) in [7, 11) is 1.98. The predicted molar refractivity (Wildman–Crippen MR) is 87.3 cm³/mol. The molecule has 0 saturated carbocycles. The summed E-state index contributed by atoms with van der Waals surface area (Å²) < 4.78 is 6.04. The summed E-state index contributed by atoms with van der Waals surface area (Å²) in [5.41, 5.74) is 2.39. The van der Waals surface area contributed by atoms with Gasteiger partial charge in [-0.15, -0.1) is 0 Å². The van der Waals surface area contributed by atoms with Crippen LogP contribution in [0.25, 0.3) is 11.0 Å². The van der Waals surface area contributed by atoms with Crippen molar-refractivity contribution in [3.63, 3.8) is 0 Å². The average molecular weight is 286 g/mol. The number of furan rings is 1. The first-order chi connectivity index (χ1) is 10.3. The lowest BCUT2D eigenvalue weighted by atomic mass is 10.0. The predicted octanol–water partition coefficient (Wildman–Crippen LogP) is 3.77. The smallest absolute Gasteiger partial charge is 0.134 e. The lowest BCUT2D eigenvalue weighted by molar-refractivity contribution is 0.310. The van der Waals surface area contributed by atoms with Gasteiger partial charge in [-0.3, -0.25) is 4.90 Å². The molecule has 0 bridgehead atoms. The molecule has 0 radical (unpaired) electrons. The third kappa shape index (κ3) is 3.14. The zero-order chi connectivity index (χ0) is 14.7. The second kappa shape index (κ2) is 6.63. The summed E-state index contributed by atoms with van der Waals surface area (Å²) in [5.74, 6) is 1.98. The Labute approximate surface area is 127 Å². The molecule has 1 aliphatic heterocycles. The van der Waals surface area contributed by atoms with Gasteiger partial charge in [-0.05, 0) is 38.4 Å². The van der Waals surface area contributed by atoms with E-state index in [0.717, 1.165) is 30.4 Å². The number of benzene rings is 1. The first kappa shape index (κ1) is 14.6. The van der Waals surface area contributed by atoms with E-state index in [2.05, 4.69) is 35.3 Å². The summed E-state index contributed by atoms with van der Waals surface area (Å²) in [6, 6.07) is 8.41. The molecule has 1 aromatic heterocycles. The first-order valence-corrected chi connectivity index (χ1v) is 8.18. The van der Waals surface area contributed by atoms with Crippen molar-refractivity contribution in [2.45, 2.75) is 39.3 Å². The zero-order valence-corrected chi connectivity index (χ0v) is 13.2. The highest BCUT2D eigenvalue weighted by Crippen LogP contribution is 2.29. The molecule has 3 rings (SSSR count). The minimum atomic E-state index is 0.802. The van der Waals surface area contributed by atoms with Crippen LogP contribution < -0.4 is 5.32 Å². The van der Waals surface area contributed by atoms with E-state index in [9.17, 15) is 0 Å². The van der Waals surface area contributed by atoms with Crippen LogP contribution in [0.15, 0.2) is 28.7 Å². The van der Waals surface area contributed by atoms with Gasteiger partial charge in [0.1, 0.15) is 11.3 Å². The number of rotatable bonds is 6. The summed E-state index contributed by atoms with van der Waals surface area (Å²) >= 11 is 0. The van der Waals surface area contributed by atoms with E-state index in [1.807, 2.05) is 13.1 Å². The number of nitrogens with one attached hydrogen (secondary N) is 1. The van der Waals surface area contributed by atoms with Crippen LogP contribution in [0.2, 0.25) is 0 Å². The standard InChI is InChI=1S/C18H26N2O/c1-3-6-14-9-10-20(12-14)13-16-15-7-4-5-8-17(15)21-18(16)11-19-2/h4-5,7-8,14,19H,3,6,9-13H2,1-2H3. The quantitative estimate of drug-likeness (QED) is 0.876. The molecule has 1 atom stereocenters. The molecule has 1 aromatic carbocycles. The van der Waals surface area contributed by atoms with Crippen LogP contribution >= 0.6 is 0 Å². The molecule has 1 aliphatic rings. The number of hydrogen-bond donors (Lipinski definition) is 1. The van der Waals surface area contributed by atoms with Crippen molar-refractivity contribution in [1.82, 2.24) is 10.2 Å². The molecule has 3 heteroatoms. The van der Waals surface area contributed by atoms with Crippen molar-refractivity contribution in [2.24, 2.45) is 5.92 Å². The van der Waals surface area contributed by atoms with Gasteiger partial charge in [0.25, 0.3) is 0 Å². The van der Waals surface area contributed by atoms with Gasteiger partial charge < -0.3 is 9.73 Å². The van der Waals surface area contributed by atoms with Crippen molar-refractivity contribution in [1.29, 1.82) is 0 Å². The van der Waals surface area contributed by atoms with Crippen molar-refractivity contribution in [2.75, 3.05) is 20.1 Å². The third-order valence-corrected chi connectivity index (χ3v) is 4.57. The molecule has 1 N–H and O–H groups in total. The maximum atomic E-state index is 6.04. The Morgan fingerprint density at radius 2 is 2.19 bits per heavy atom. The van der Waals surface area contributed by atoms with Gasteiger partial charge >= 0.3 is 0 Å². The van der Waals surface area contributed by atoms with Gasteiger partial charge in [0.2, 0.25) is 0 Å². The summed E-state index contributed by atoms with van der Waals surface area (Å²) in [6.45, 7) is 6.58. The van der Waals surface area contributed by atoms with Crippen LogP contribution in [0.5, 0.6) is 0 Å². The van der Waals surface area contributed by atoms with Crippen LogP contribution in [-0.4, -0.2) is 25.0 Å². The number of para-hydroxylation sites is 1. The highest BCUT2D eigenvalue weighted by Gasteiger charge is 2.24. The van der Waals surface area contributed by atoms with E-state index in [4.69, 9.17) is 4.42 Å². The number of nitrogens with zero attached hydrogens (tertiary/aromatic N) is 1. The third-order valence-electron chi connectivity index (χ3n) is 4.57. The van der Waals surface area contributed by atoms with Gasteiger partial charge in [0.05, 0.1) is 6.54 Å². The van der Waals surface area contributed by atoms with Gasteiger partial charge in [-0.1, -0.05) is 31.5 Å². The molecular formula is C18H26N2O. The molecular weight excluding hydrogens is 260 g/mol. The Morgan fingerprint density at radius 3 is 3.00 bits per heavy atom. The zero-order valence-electron chi connectivity index (χ0n) is 13.2. The number of hydrogen-bond acceptors (Lipinski definition) is 3. The van der Waals surface area contributed by atoms with Crippen LogP contribution in [0.1, 0.15) is 37.5 Å². The number of likely N-dealkylation sites (tertiary alicyclic amines) is 1. The topological polar surface area (TPSA) is 28.4 Å². The minimum absolute atomic E-state index is 0.802. The first-order valence-electron chi connectivity index (χ1n) is 8.18. The SMILES string of the molecule is CCCC1CCN(Cc2c(CNC)oc3ccccc23)C1. The lowest BCUT2D eigenvalue weighted by Crippen LogP contribution is -2.21. The molecule has 0 spiro atoms. The summed E-state index contributed by atoms with van der Waals surface area (Å²) in [4.78, 5) is 2.59. The van der Waals surface area contributed by atoms with Crippen molar-refractivity contribution < 1.29 is 4.42 Å². The molecule has 0 aliphatic carbocycles. The fourth-order valence-corrected chi connectivity index (χ4v) is 3.55. The normalized spacial score (nSPS) is 19.6. The summed E-state index contributed by atoms with van der Waals surface area (Å²) in [6.07, 6.45) is 4.02.